The van der Waals surface area contributed by atoms with Gasteiger partial charge in [0.05, 0.1) is 22.5 Å². The van der Waals surface area contributed by atoms with Crippen LogP contribution in [-0.2, 0) is 11.3 Å². The van der Waals surface area contributed by atoms with Crippen LogP contribution in [0.1, 0.15) is 18.1 Å². The molecule has 0 spiro atoms. The number of nitro benzene ring substituents is 1. The molecule has 0 aliphatic heterocycles. The van der Waals surface area contributed by atoms with Crippen LogP contribution in [0.25, 0.3) is 11.4 Å². The van der Waals surface area contributed by atoms with Gasteiger partial charge in [0.25, 0.3) is 11.6 Å². The van der Waals surface area contributed by atoms with Gasteiger partial charge in [-0.1, -0.05) is 53.7 Å². The van der Waals surface area contributed by atoms with E-state index in [-0.39, 0.29) is 17.3 Å². The molecule has 1 amide bonds. The average molecular weight is 424 g/mol. The second-order valence-electron chi connectivity index (χ2n) is 6.31. The number of hydrogen-bond acceptors (Lipinski definition) is 7. The first kappa shape index (κ1) is 21.2. The number of aryl methyl sites for hydroxylation is 1. The number of hydrogen-bond donors (Lipinski definition) is 1. The Kier molecular flexibility index (Phi) is 6.91. The van der Waals surface area contributed by atoms with Gasteiger partial charge in [0.1, 0.15) is 0 Å². The van der Waals surface area contributed by atoms with Crippen LogP contribution in [0.2, 0.25) is 0 Å². The van der Waals surface area contributed by atoms with Crippen LogP contribution >= 0.6 is 11.8 Å². The maximum absolute atomic E-state index is 12.1. The van der Waals surface area contributed by atoms with Gasteiger partial charge < -0.3 is 4.57 Å². The van der Waals surface area contributed by atoms with Crippen LogP contribution in [0, 0.1) is 17.0 Å². The fourth-order valence-electron chi connectivity index (χ4n) is 2.70. The minimum atomic E-state index is -0.498. The summed E-state index contributed by atoms with van der Waals surface area (Å²) in [7, 11) is 0. The Morgan fingerprint density at radius 2 is 1.97 bits per heavy atom. The number of aromatic nitrogens is 3. The van der Waals surface area contributed by atoms with E-state index in [2.05, 4.69) is 20.7 Å². The molecular formula is C20H20N6O3S. The highest BCUT2D eigenvalue weighted by atomic mass is 32.2. The van der Waals surface area contributed by atoms with Crippen molar-refractivity contribution in [3.63, 3.8) is 0 Å². The molecule has 0 saturated heterocycles. The summed E-state index contributed by atoms with van der Waals surface area (Å²) < 4.78 is 1.94. The van der Waals surface area contributed by atoms with E-state index in [1.165, 1.54) is 24.0 Å². The van der Waals surface area contributed by atoms with Crippen LogP contribution in [0.3, 0.4) is 0 Å². The van der Waals surface area contributed by atoms with Crippen molar-refractivity contribution >= 4 is 29.6 Å². The van der Waals surface area contributed by atoms with Gasteiger partial charge in [0.2, 0.25) is 0 Å². The lowest BCUT2D eigenvalue weighted by Gasteiger charge is -2.07. The molecule has 0 atom stereocenters. The van der Waals surface area contributed by atoms with E-state index in [0.717, 1.165) is 17.0 Å². The fourth-order valence-corrected chi connectivity index (χ4v) is 3.49. The van der Waals surface area contributed by atoms with E-state index in [1.807, 2.05) is 42.7 Å². The van der Waals surface area contributed by atoms with Gasteiger partial charge in [-0.05, 0) is 19.9 Å². The lowest BCUT2D eigenvalue weighted by molar-refractivity contribution is -0.385. The van der Waals surface area contributed by atoms with Crippen molar-refractivity contribution in [1.82, 2.24) is 20.2 Å². The molecule has 2 aromatic carbocycles. The number of amides is 1. The molecule has 0 fully saturated rings. The molecule has 0 saturated carbocycles. The zero-order valence-corrected chi connectivity index (χ0v) is 17.3. The molecule has 30 heavy (non-hydrogen) atoms. The summed E-state index contributed by atoms with van der Waals surface area (Å²) in [4.78, 5) is 22.6. The molecule has 154 valence electrons. The van der Waals surface area contributed by atoms with Crippen LogP contribution in [0.4, 0.5) is 5.69 Å². The summed E-state index contributed by atoms with van der Waals surface area (Å²) >= 11 is 1.25. The Labute approximate surface area is 177 Å². The van der Waals surface area contributed by atoms with E-state index in [4.69, 9.17) is 0 Å². The third-order valence-corrected chi connectivity index (χ3v) is 5.17. The van der Waals surface area contributed by atoms with Gasteiger partial charge in [0.15, 0.2) is 11.0 Å². The number of carbonyl (C=O) groups is 1. The van der Waals surface area contributed by atoms with Gasteiger partial charge in [-0.2, -0.15) is 5.10 Å². The smallest absolute Gasteiger partial charge is 0.278 e. The number of para-hydroxylation sites is 1. The zero-order chi connectivity index (χ0) is 21.5. The number of benzene rings is 2. The highest BCUT2D eigenvalue weighted by Crippen LogP contribution is 2.24. The second-order valence-corrected chi connectivity index (χ2v) is 7.26. The molecular weight excluding hydrogens is 404 g/mol. The number of hydrazone groups is 1. The highest BCUT2D eigenvalue weighted by molar-refractivity contribution is 7.99. The third kappa shape index (κ3) is 5.09. The third-order valence-electron chi connectivity index (χ3n) is 4.20. The molecule has 0 aliphatic carbocycles. The second kappa shape index (κ2) is 9.79. The number of nitro groups is 1. The predicted octanol–water partition coefficient (Wildman–Crippen LogP) is 3.42. The average Bonchev–Trinajstić information content (AvgIpc) is 3.16. The Balaban J connectivity index is 1.61. The van der Waals surface area contributed by atoms with E-state index in [9.17, 15) is 14.9 Å². The van der Waals surface area contributed by atoms with Crippen LogP contribution < -0.4 is 5.43 Å². The molecule has 0 radical (unpaired) electrons. The minimum absolute atomic E-state index is 0.0791. The van der Waals surface area contributed by atoms with Crippen molar-refractivity contribution in [3.05, 3.63) is 69.8 Å². The molecule has 0 unspecified atom stereocenters. The first-order valence-electron chi connectivity index (χ1n) is 9.18. The Bertz CT molecular complexity index is 1080. The summed E-state index contributed by atoms with van der Waals surface area (Å²) in [5, 5.41) is 23.9. The van der Waals surface area contributed by atoms with Gasteiger partial charge in [-0.25, -0.2) is 5.43 Å². The van der Waals surface area contributed by atoms with Crippen molar-refractivity contribution in [2.75, 3.05) is 5.75 Å². The largest absolute Gasteiger partial charge is 0.302 e. The summed E-state index contributed by atoms with van der Waals surface area (Å²) in [6.07, 6.45) is 1.25. The van der Waals surface area contributed by atoms with Crippen molar-refractivity contribution in [2.45, 2.75) is 25.5 Å². The Morgan fingerprint density at radius 1 is 1.23 bits per heavy atom. The first-order chi connectivity index (χ1) is 14.5. The van der Waals surface area contributed by atoms with Crippen molar-refractivity contribution in [2.24, 2.45) is 5.10 Å². The molecule has 1 aromatic heterocycles. The normalized spacial score (nSPS) is 11.0. The summed E-state index contributed by atoms with van der Waals surface area (Å²) in [5.74, 6) is 0.479. The van der Waals surface area contributed by atoms with Gasteiger partial charge in [-0.15, -0.1) is 10.2 Å². The van der Waals surface area contributed by atoms with Crippen molar-refractivity contribution < 1.29 is 9.72 Å². The molecule has 1 heterocycles. The maximum atomic E-state index is 12.1. The van der Waals surface area contributed by atoms with Crippen LogP contribution in [0.5, 0.6) is 0 Å². The highest BCUT2D eigenvalue weighted by Gasteiger charge is 2.14. The van der Waals surface area contributed by atoms with E-state index in [0.29, 0.717) is 17.3 Å². The molecule has 3 aromatic rings. The molecule has 1 N–H and O–H groups in total. The molecule has 0 aliphatic rings. The standard InChI is InChI=1S/C20H20N6O3S/c1-3-25-19(15-10-8-14(2)9-11-15)23-24-20(25)30-13-18(27)22-21-12-16-6-4-5-7-17(16)26(28)29/h4-12H,3,13H2,1-2H3,(H,22,27). The van der Waals surface area contributed by atoms with Gasteiger partial charge in [-0.3, -0.25) is 14.9 Å². The zero-order valence-electron chi connectivity index (χ0n) is 16.5. The SMILES string of the molecule is CCn1c(SCC(=O)NN=Cc2ccccc2[N+](=O)[O-])nnc1-c1ccc(C)cc1. The van der Waals surface area contributed by atoms with Crippen molar-refractivity contribution in [1.29, 1.82) is 0 Å². The topological polar surface area (TPSA) is 115 Å². The Hall–Kier alpha value is -3.53. The summed E-state index contributed by atoms with van der Waals surface area (Å²) in [6.45, 7) is 4.67. The molecule has 0 bridgehead atoms. The number of thioether (sulfide) groups is 1. The van der Waals surface area contributed by atoms with Gasteiger partial charge in [0, 0.05) is 18.2 Å². The Morgan fingerprint density at radius 3 is 2.67 bits per heavy atom. The lowest BCUT2D eigenvalue weighted by atomic mass is 10.1. The van der Waals surface area contributed by atoms with E-state index >= 15 is 0 Å². The van der Waals surface area contributed by atoms with Gasteiger partial charge >= 0.3 is 0 Å². The first-order valence-corrected chi connectivity index (χ1v) is 10.2. The number of nitrogens with one attached hydrogen (secondary N) is 1. The quantitative estimate of drug-likeness (QED) is 0.256. The van der Waals surface area contributed by atoms with E-state index < -0.39 is 4.92 Å². The fraction of sp³-hybridized carbons (Fsp3) is 0.200. The summed E-state index contributed by atoms with van der Waals surface area (Å²) in [6, 6.07) is 14.2. The summed E-state index contributed by atoms with van der Waals surface area (Å²) in [5.41, 5.74) is 4.73. The number of nitrogens with zero attached hydrogens (tertiary/aromatic N) is 5. The monoisotopic (exact) mass is 424 g/mol. The molecule has 10 heteroatoms. The maximum Gasteiger partial charge on any atom is 0.278 e. The number of carbonyl (C=O) groups excluding carboxylic acids is 1. The van der Waals surface area contributed by atoms with Crippen LogP contribution in [0.15, 0.2) is 58.8 Å². The van der Waals surface area contributed by atoms with E-state index in [1.54, 1.807) is 18.2 Å². The van der Waals surface area contributed by atoms with Crippen molar-refractivity contribution in [3.8, 4) is 11.4 Å². The predicted molar refractivity (Wildman–Crippen MR) is 115 cm³/mol. The molecule has 3 rings (SSSR count). The molecule has 9 nitrogen and oxygen atoms in total. The lowest BCUT2D eigenvalue weighted by Crippen LogP contribution is -2.20. The minimum Gasteiger partial charge on any atom is -0.302 e. The van der Waals surface area contributed by atoms with Crippen LogP contribution in [-0.4, -0.2) is 37.6 Å². The number of rotatable bonds is 8.